The molecule has 1 heterocycles. The van der Waals surface area contributed by atoms with Crippen molar-refractivity contribution in [3.63, 3.8) is 0 Å². The lowest BCUT2D eigenvalue weighted by atomic mass is 10.1. The lowest BCUT2D eigenvalue weighted by Crippen LogP contribution is -2.44. The van der Waals surface area contributed by atoms with Gasteiger partial charge in [0.05, 0.1) is 6.42 Å². The van der Waals surface area contributed by atoms with Gasteiger partial charge < -0.3 is 24.7 Å². The molecule has 0 unspecified atom stereocenters. The Bertz CT molecular complexity index is 885. The van der Waals surface area contributed by atoms with Crippen LogP contribution in [0.25, 0.3) is 11.0 Å². The average molecular weight is 349 g/mol. The Labute approximate surface area is 140 Å². The molecular formula is C16H15NO8. The van der Waals surface area contributed by atoms with Gasteiger partial charge in [-0.25, -0.2) is 9.59 Å². The SMILES string of the molecule is Cc1cc(=O)oc2cc(OCC(=O)N[C@H](CC(=O)O)C(=O)O)ccc12. The minimum Gasteiger partial charge on any atom is -0.484 e. The van der Waals surface area contributed by atoms with E-state index in [-0.39, 0.29) is 11.3 Å². The summed E-state index contributed by atoms with van der Waals surface area (Å²) >= 11 is 0. The summed E-state index contributed by atoms with van der Waals surface area (Å²) in [5, 5.41) is 20.3. The number of benzene rings is 1. The standard InChI is InChI=1S/C16H15NO8/c1-8-4-15(21)25-12-5-9(2-3-10(8)12)24-7-13(18)17-11(16(22)23)6-14(19)20/h2-5,11H,6-7H2,1H3,(H,17,18)(H,19,20)(H,22,23)/t11-/m1/s1. The van der Waals surface area contributed by atoms with E-state index in [1.165, 1.54) is 12.1 Å². The second-order valence-corrected chi connectivity index (χ2v) is 5.25. The first-order valence-corrected chi connectivity index (χ1v) is 7.17. The fourth-order valence-electron chi connectivity index (χ4n) is 2.15. The second-order valence-electron chi connectivity index (χ2n) is 5.25. The van der Waals surface area contributed by atoms with Crippen LogP contribution in [0.15, 0.2) is 33.5 Å². The number of hydrogen-bond donors (Lipinski definition) is 3. The van der Waals surface area contributed by atoms with Crippen LogP contribution >= 0.6 is 0 Å². The van der Waals surface area contributed by atoms with E-state index in [4.69, 9.17) is 19.4 Å². The van der Waals surface area contributed by atoms with Crippen molar-refractivity contribution in [3.8, 4) is 5.75 Å². The molecule has 0 fully saturated rings. The molecule has 1 atom stereocenters. The molecule has 0 aliphatic heterocycles. The maximum absolute atomic E-state index is 11.7. The predicted octanol–water partition coefficient (Wildman–Crippen LogP) is 0.524. The summed E-state index contributed by atoms with van der Waals surface area (Å²) in [7, 11) is 0. The van der Waals surface area contributed by atoms with Gasteiger partial charge in [0.25, 0.3) is 5.91 Å². The molecule has 9 heteroatoms. The molecule has 0 aliphatic rings. The fourth-order valence-corrected chi connectivity index (χ4v) is 2.15. The van der Waals surface area contributed by atoms with Gasteiger partial charge in [0.15, 0.2) is 6.61 Å². The average Bonchev–Trinajstić information content (AvgIpc) is 2.51. The first kappa shape index (κ1) is 18.0. The molecule has 0 radical (unpaired) electrons. The Morgan fingerprint density at radius 2 is 1.96 bits per heavy atom. The topological polar surface area (TPSA) is 143 Å². The minimum absolute atomic E-state index is 0.238. The van der Waals surface area contributed by atoms with E-state index in [0.29, 0.717) is 5.39 Å². The van der Waals surface area contributed by atoms with Gasteiger partial charge in [0.1, 0.15) is 17.4 Å². The largest absolute Gasteiger partial charge is 0.484 e. The molecule has 0 bridgehead atoms. The van der Waals surface area contributed by atoms with Crippen LogP contribution in [-0.4, -0.2) is 40.7 Å². The maximum atomic E-state index is 11.7. The lowest BCUT2D eigenvalue weighted by Gasteiger charge is -2.13. The predicted molar refractivity (Wildman–Crippen MR) is 84.5 cm³/mol. The molecule has 0 saturated carbocycles. The molecule has 0 spiro atoms. The van der Waals surface area contributed by atoms with Crippen LogP contribution in [0.1, 0.15) is 12.0 Å². The van der Waals surface area contributed by atoms with Crippen LogP contribution in [0.2, 0.25) is 0 Å². The second kappa shape index (κ2) is 7.47. The van der Waals surface area contributed by atoms with Gasteiger partial charge in [-0.15, -0.1) is 0 Å². The summed E-state index contributed by atoms with van der Waals surface area (Å²) in [6.07, 6.45) is -0.749. The number of aryl methyl sites for hydroxylation is 1. The van der Waals surface area contributed by atoms with Crippen molar-refractivity contribution >= 4 is 28.8 Å². The van der Waals surface area contributed by atoms with E-state index in [9.17, 15) is 19.2 Å². The van der Waals surface area contributed by atoms with Crippen molar-refractivity contribution < 1.29 is 33.8 Å². The van der Waals surface area contributed by atoms with Crippen LogP contribution in [0, 0.1) is 6.92 Å². The molecule has 132 valence electrons. The molecule has 0 saturated heterocycles. The number of carboxylic acids is 2. The molecule has 9 nitrogen and oxygen atoms in total. The molecule has 1 aromatic carbocycles. The number of amides is 1. The van der Waals surface area contributed by atoms with E-state index in [0.717, 1.165) is 5.56 Å². The Morgan fingerprint density at radius 3 is 2.60 bits per heavy atom. The van der Waals surface area contributed by atoms with Crippen molar-refractivity contribution in [2.24, 2.45) is 0 Å². The van der Waals surface area contributed by atoms with Crippen LogP contribution in [0.5, 0.6) is 5.75 Å². The molecule has 1 amide bonds. The van der Waals surface area contributed by atoms with E-state index in [2.05, 4.69) is 5.32 Å². The third kappa shape index (κ3) is 4.80. The third-order valence-corrected chi connectivity index (χ3v) is 3.30. The number of aliphatic carboxylic acids is 2. The van der Waals surface area contributed by atoms with Crippen LogP contribution in [0.4, 0.5) is 0 Å². The highest BCUT2D eigenvalue weighted by molar-refractivity contribution is 5.87. The smallest absolute Gasteiger partial charge is 0.336 e. The summed E-state index contributed by atoms with van der Waals surface area (Å²) in [5.41, 5.74) is 0.503. The molecule has 3 N–H and O–H groups in total. The molecule has 2 rings (SSSR count). The van der Waals surface area contributed by atoms with Crippen LogP contribution in [-0.2, 0) is 14.4 Å². The third-order valence-electron chi connectivity index (χ3n) is 3.30. The zero-order valence-corrected chi connectivity index (χ0v) is 13.1. The molecular weight excluding hydrogens is 334 g/mol. The van der Waals surface area contributed by atoms with E-state index in [1.54, 1.807) is 19.1 Å². The Kier molecular flexibility index (Phi) is 5.38. The van der Waals surface area contributed by atoms with E-state index in [1.807, 2.05) is 0 Å². The van der Waals surface area contributed by atoms with Gasteiger partial charge in [-0.05, 0) is 24.6 Å². The minimum atomic E-state index is -1.55. The summed E-state index contributed by atoms with van der Waals surface area (Å²) < 4.78 is 10.3. The van der Waals surface area contributed by atoms with E-state index < -0.39 is 42.5 Å². The summed E-state index contributed by atoms with van der Waals surface area (Å²) in [4.78, 5) is 44.6. The quantitative estimate of drug-likeness (QED) is 0.614. The molecule has 1 aromatic heterocycles. The zero-order chi connectivity index (χ0) is 18.6. The molecule has 0 aliphatic carbocycles. The van der Waals surface area contributed by atoms with Crippen LogP contribution < -0.4 is 15.7 Å². The van der Waals surface area contributed by atoms with Gasteiger partial charge in [0, 0.05) is 17.5 Å². The number of rotatable bonds is 7. The number of ether oxygens (including phenoxy) is 1. The number of carbonyl (C=O) groups excluding carboxylic acids is 1. The van der Waals surface area contributed by atoms with Gasteiger partial charge in [-0.2, -0.15) is 0 Å². The van der Waals surface area contributed by atoms with Crippen molar-refractivity contribution in [3.05, 3.63) is 40.2 Å². The first-order chi connectivity index (χ1) is 11.8. The number of fused-ring (bicyclic) bond motifs is 1. The highest BCUT2D eigenvalue weighted by Gasteiger charge is 2.23. The number of carboxylic acid groups (broad SMARTS) is 2. The lowest BCUT2D eigenvalue weighted by molar-refractivity contribution is -0.147. The van der Waals surface area contributed by atoms with Gasteiger partial charge in [0.2, 0.25) is 0 Å². The summed E-state index contributed by atoms with van der Waals surface area (Å²) in [6.45, 7) is 1.23. The number of nitrogens with one attached hydrogen (secondary N) is 1. The first-order valence-electron chi connectivity index (χ1n) is 7.17. The van der Waals surface area contributed by atoms with E-state index >= 15 is 0 Å². The molecule has 2 aromatic rings. The van der Waals surface area contributed by atoms with Gasteiger partial charge in [-0.1, -0.05) is 0 Å². The van der Waals surface area contributed by atoms with Crippen molar-refractivity contribution in [1.29, 1.82) is 0 Å². The monoisotopic (exact) mass is 349 g/mol. The van der Waals surface area contributed by atoms with Crippen molar-refractivity contribution in [2.75, 3.05) is 6.61 Å². The highest BCUT2D eigenvalue weighted by atomic mass is 16.5. The summed E-state index contributed by atoms with van der Waals surface area (Å²) in [5.74, 6) is -3.37. The van der Waals surface area contributed by atoms with Crippen LogP contribution in [0.3, 0.4) is 0 Å². The molecule has 25 heavy (non-hydrogen) atoms. The Hall–Kier alpha value is -3.36. The van der Waals surface area contributed by atoms with Crippen molar-refractivity contribution in [1.82, 2.24) is 5.32 Å². The summed E-state index contributed by atoms with van der Waals surface area (Å²) in [6, 6.07) is 4.46. The zero-order valence-electron chi connectivity index (χ0n) is 13.1. The highest BCUT2D eigenvalue weighted by Crippen LogP contribution is 2.22. The Morgan fingerprint density at radius 1 is 1.24 bits per heavy atom. The van der Waals surface area contributed by atoms with Gasteiger partial charge >= 0.3 is 17.6 Å². The normalized spacial score (nSPS) is 11.7. The maximum Gasteiger partial charge on any atom is 0.336 e. The van der Waals surface area contributed by atoms with Gasteiger partial charge in [-0.3, -0.25) is 9.59 Å². The fraction of sp³-hybridized carbons (Fsp3) is 0.250. The van der Waals surface area contributed by atoms with Crippen molar-refractivity contribution in [2.45, 2.75) is 19.4 Å². The number of hydrogen-bond acceptors (Lipinski definition) is 6. The number of carbonyl (C=O) groups is 3. The Balaban J connectivity index is 2.04.